The number of fused-ring (bicyclic) bond motifs is 1. The van der Waals surface area contributed by atoms with E-state index in [1.807, 2.05) is 7.05 Å². The van der Waals surface area contributed by atoms with Gasteiger partial charge in [0.25, 0.3) is 5.56 Å². The van der Waals surface area contributed by atoms with Gasteiger partial charge in [-0.1, -0.05) is 23.1 Å². The van der Waals surface area contributed by atoms with Gasteiger partial charge < -0.3 is 9.88 Å². The first-order valence-corrected chi connectivity index (χ1v) is 11.1. The molecule has 1 N–H and O–H groups in total. The average molecular weight is 440 g/mol. The number of nitrogens with one attached hydrogen (secondary N) is 1. The van der Waals surface area contributed by atoms with Crippen LogP contribution in [0, 0.1) is 0 Å². The summed E-state index contributed by atoms with van der Waals surface area (Å²) >= 11 is 3.11. The van der Waals surface area contributed by atoms with Gasteiger partial charge in [0, 0.05) is 37.2 Å². The van der Waals surface area contributed by atoms with Gasteiger partial charge in [0.15, 0.2) is 5.16 Å². The number of hydrogen-bond acceptors (Lipinski definition) is 8. The quantitative estimate of drug-likeness (QED) is 0.610. The van der Waals surface area contributed by atoms with Crippen molar-refractivity contribution in [1.29, 1.82) is 0 Å². The molecule has 1 saturated heterocycles. The third-order valence-corrected chi connectivity index (χ3v) is 7.24. The van der Waals surface area contributed by atoms with Gasteiger partial charge in [-0.25, -0.2) is 4.98 Å². The summed E-state index contributed by atoms with van der Waals surface area (Å²) in [5, 5.41) is 18.5. The number of halogens is 1. The van der Waals surface area contributed by atoms with Crippen LogP contribution < -0.4 is 10.9 Å². The molecule has 150 valence electrons. The molecule has 3 aromatic rings. The van der Waals surface area contributed by atoms with E-state index >= 15 is 0 Å². The molecule has 0 spiro atoms. The van der Waals surface area contributed by atoms with Crippen LogP contribution in [0.3, 0.4) is 0 Å². The van der Waals surface area contributed by atoms with E-state index in [4.69, 9.17) is 0 Å². The van der Waals surface area contributed by atoms with Crippen molar-refractivity contribution < 1.29 is 0 Å². The highest BCUT2D eigenvalue weighted by Gasteiger charge is 2.28. The zero-order valence-corrected chi connectivity index (χ0v) is 17.9. The van der Waals surface area contributed by atoms with Gasteiger partial charge in [-0.05, 0) is 32.2 Å². The molecule has 4 heterocycles. The number of rotatable bonds is 5. The number of piperidine rings is 1. The van der Waals surface area contributed by atoms with E-state index in [2.05, 4.69) is 30.2 Å². The summed E-state index contributed by atoms with van der Waals surface area (Å²) in [5.74, 6) is 2.57. The number of nitrogens with zero attached hydrogens (tertiary/aromatic N) is 6. The predicted molar refractivity (Wildman–Crippen MR) is 112 cm³/mol. The first kappa shape index (κ1) is 19.8. The van der Waals surface area contributed by atoms with Gasteiger partial charge in [0.2, 0.25) is 4.96 Å². The monoisotopic (exact) mass is 439 g/mol. The lowest BCUT2D eigenvalue weighted by atomic mass is 9.99. The van der Waals surface area contributed by atoms with Crippen molar-refractivity contribution in [1.82, 2.24) is 34.7 Å². The van der Waals surface area contributed by atoms with Crippen molar-refractivity contribution in [3.8, 4) is 0 Å². The van der Waals surface area contributed by atoms with E-state index in [1.54, 1.807) is 17.8 Å². The molecule has 1 saturated carbocycles. The number of thioether (sulfide) groups is 1. The van der Waals surface area contributed by atoms with Gasteiger partial charge in [0.1, 0.15) is 10.8 Å². The normalized spacial score (nSPS) is 19.7. The Morgan fingerprint density at radius 2 is 2.14 bits per heavy atom. The van der Waals surface area contributed by atoms with Crippen molar-refractivity contribution in [2.45, 2.75) is 48.4 Å². The van der Waals surface area contributed by atoms with E-state index in [0.29, 0.717) is 22.5 Å². The van der Waals surface area contributed by atoms with Crippen molar-refractivity contribution >= 4 is 40.5 Å². The van der Waals surface area contributed by atoms with Gasteiger partial charge >= 0.3 is 0 Å². The van der Waals surface area contributed by atoms with E-state index < -0.39 is 0 Å². The predicted octanol–water partition coefficient (Wildman–Crippen LogP) is 2.34. The van der Waals surface area contributed by atoms with Gasteiger partial charge in [-0.15, -0.1) is 22.6 Å². The van der Waals surface area contributed by atoms with Crippen LogP contribution in [0.25, 0.3) is 4.96 Å². The largest absolute Gasteiger partial charge is 0.316 e. The molecule has 28 heavy (non-hydrogen) atoms. The second kappa shape index (κ2) is 8.10. The van der Waals surface area contributed by atoms with E-state index in [1.165, 1.54) is 35.1 Å². The Balaban J connectivity index is 0.00000192. The molecule has 1 aliphatic heterocycles. The standard InChI is InChI=1S/C17H21N7OS2.ClH/c1-23-14(11-3-2-6-18-8-11)20-21-17(23)26-9-12-7-13(25)24-16(19-12)27-15(22-24)10-4-5-10;/h7,10-11,18H,2-6,8-9H2,1H3;1H. The van der Waals surface area contributed by atoms with E-state index in [9.17, 15) is 4.79 Å². The van der Waals surface area contributed by atoms with Crippen LogP contribution in [0.2, 0.25) is 0 Å². The molecule has 5 rings (SSSR count). The molecule has 0 amide bonds. The molecular formula is C17H22ClN7OS2. The minimum atomic E-state index is -0.106. The second-order valence-corrected chi connectivity index (χ2v) is 9.16. The van der Waals surface area contributed by atoms with Crippen LogP contribution in [0.1, 0.15) is 54.0 Å². The molecule has 1 atom stereocenters. The summed E-state index contributed by atoms with van der Waals surface area (Å²) < 4.78 is 3.51. The highest BCUT2D eigenvalue weighted by atomic mass is 35.5. The van der Waals surface area contributed by atoms with Crippen LogP contribution in [-0.2, 0) is 12.8 Å². The van der Waals surface area contributed by atoms with Crippen LogP contribution in [0.4, 0.5) is 0 Å². The van der Waals surface area contributed by atoms with Crippen LogP contribution in [0.15, 0.2) is 16.0 Å². The van der Waals surface area contributed by atoms with Gasteiger partial charge in [-0.3, -0.25) is 4.79 Å². The third kappa shape index (κ3) is 3.83. The lowest BCUT2D eigenvalue weighted by molar-refractivity contribution is 0.436. The maximum atomic E-state index is 12.4. The Labute approximate surface area is 176 Å². The molecule has 1 aliphatic carbocycles. The Kier molecular flexibility index (Phi) is 5.73. The summed E-state index contributed by atoms with van der Waals surface area (Å²) in [6.07, 6.45) is 4.66. The SMILES string of the molecule is Cl.Cn1c(SCc2cc(=O)n3nc(C4CC4)sc3n2)nnc1C1CCCNC1. The van der Waals surface area contributed by atoms with Crippen molar-refractivity contribution in [2.24, 2.45) is 7.05 Å². The highest BCUT2D eigenvalue weighted by Crippen LogP contribution is 2.41. The molecule has 0 radical (unpaired) electrons. The smallest absolute Gasteiger partial charge is 0.275 e. The van der Waals surface area contributed by atoms with Crippen LogP contribution in [-0.4, -0.2) is 42.5 Å². The molecule has 2 aliphatic rings. The van der Waals surface area contributed by atoms with Crippen molar-refractivity contribution in [3.63, 3.8) is 0 Å². The summed E-state index contributed by atoms with van der Waals surface area (Å²) in [7, 11) is 2.02. The fourth-order valence-electron chi connectivity index (χ4n) is 3.46. The summed E-state index contributed by atoms with van der Waals surface area (Å²) in [6, 6.07) is 1.58. The minimum Gasteiger partial charge on any atom is -0.316 e. The molecule has 0 aromatic carbocycles. The first-order valence-electron chi connectivity index (χ1n) is 9.31. The Hall–Kier alpha value is -1.49. The zero-order chi connectivity index (χ0) is 18.4. The Morgan fingerprint density at radius 1 is 1.29 bits per heavy atom. The van der Waals surface area contributed by atoms with Crippen LogP contribution >= 0.6 is 35.5 Å². The molecule has 3 aromatic heterocycles. The van der Waals surface area contributed by atoms with E-state index in [0.717, 1.165) is 41.2 Å². The van der Waals surface area contributed by atoms with Crippen molar-refractivity contribution in [2.75, 3.05) is 13.1 Å². The summed E-state index contributed by atoms with van der Waals surface area (Å²) in [5.41, 5.74) is 0.658. The lowest BCUT2D eigenvalue weighted by Gasteiger charge is -2.21. The van der Waals surface area contributed by atoms with Gasteiger partial charge in [0.05, 0.1) is 5.69 Å². The molecule has 1 unspecified atom stereocenters. The summed E-state index contributed by atoms with van der Waals surface area (Å²) in [6.45, 7) is 2.04. The molecule has 8 nitrogen and oxygen atoms in total. The second-order valence-electron chi connectivity index (χ2n) is 7.23. The zero-order valence-electron chi connectivity index (χ0n) is 15.5. The van der Waals surface area contributed by atoms with Crippen LogP contribution in [0.5, 0.6) is 0 Å². The third-order valence-electron chi connectivity index (χ3n) is 5.12. The maximum absolute atomic E-state index is 12.4. The van der Waals surface area contributed by atoms with Gasteiger partial charge in [-0.2, -0.15) is 9.61 Å². The van der Waals surface area contributed by atoms with E-state index in [-0.39, 0.29) is 18.0 Å². The Morgan fingerprint density at radius 3 is 2.89 bits per heavy atom. The highest BCUT2D eigenvalue weighted by molar-refractivity contribution is 7.98. The Bertz CT molecular complexity index is 1040. The minimum absolute atomic E-state index is 0. The number of aromatic nitrogens is 6. The topological polar surface area (TPSA) is 90.0 Å². The van der Waals surface area contributed by atoms with Crippen molar-refractivity contribution in [3.05, 3.63) is 32.9 Å². The molecule has 2 fully saturated rings. The molecular weight excluding hydrogens is 418 g/mol. The number of hydrogen-bond donors (Lipinski definition) is 1. The molecule has 0 bridgehead atoms. The first-order chi connectivity index (χ1) is 13.2. The maximum Gasteiger partial charge on any atom is 0.275 e. The average Bonchev–Trinajstić information content (AvgIpc) is 3.33. The fraction of sp³-hybridized carbons (Fsp3) is 0.588. The molecule has 11 heteroatoms. The summed E-state index contributed by atoms with van der Waals surface area (Å²) in [4.78, 5) is 17.7. The fourth-order valence-corrected chi connectivity index (χ4v) is 5.36. The lowest BCUT2D eigenvalue weighted by Crippen LogP contribution is -2.29.